The zero-order valence-corrected chi connectivity index (χ0v) is 21.0. The molecule has 0 aliphatic rings. The maximum absolute atomic E-state index is 5.64. The van der Waals surface area contributed by atoms with Crippen molar-refractivity contribution in [2.75, 3.05) is 6.61 Å². The minimum atomic E-state index is 0.627. The van der Waals surface area contributed by atoms with Crippen LogP contribution < -0.4 is 4.74 Å². The Hall–Kier alpha value is -5.03. The molecule has 2 aromatic heterocycles. The molecule has 4 aromatic carbocycles. The van der Waals surface area contributed by atoms with Gasteiger partial charge in [-0.3, -0.25) is 9.55 Å². The summed E-state index contributed by atoms with van der Waals surface area (Å²) in [5.74, 6) is 2.38. The summed E-state index contributed by atoms with van der Waals surface area (Å²) in [7, 11) is 0. The summed E-state index contributed by atoms with van der Waals surface area (Å²) in [6.07, 6.45) is 3.66. The lowest BCUT2D eigenvalue weighted by Crippen LogP contribution is -2.01. The molecule has 0 fully saturated rings. The summed E-state index contributed by atoms with van der Waals surface area (Å²) in [4.78, 5) is 4.25. The van der Waals surface area contributed by atoms with Crippen molar-refractivity contribution in [3.63, 3.8) is 0 Å². The Kier molecular flexibility index (Phi) is 6.48. The third kappa shape index (κ3) is 4.70. The van der Waals surface area contributed by atoms with Gasteiger partial charge < -0.3 is 4.74 Å². The van der Waals surface area contributed by atoms with E-state index in [-0.39, 0.29) is 0 Å². The maximum Gasteiger partial charge on any atom is 0.168 e. The summed E-state index contributed by atoms with van der Waals surface area (Å²) in [6.45, 7) is 2.61. The molecule has 2 heterocycles. The number of hydrogen-bond donors (Lipinski definition) is 0. The van der Waals surface area contributed by atoms with Crippen LogP contribution in [0.5, 0.6) is 5.75 Å². The fraction of sp³-hybridized carbons (Fsp3) is 0.0606. The average molecular weight is 495 g/mol. The Labute approximate surface area is 222 Å². The lowest BCUT2D eigenvalue weighted by molar-refractivity contribution is 0.340. The van der Waals surface area contributed by atoms with Gasteiger partial charge in [0.25, 0.3) is 0 Å². The van der Waals surface area contributed by atoms with E-state index in [1.165, 1.54) is 5.56 Å². The van der Waals surface area contributed by atoms with Gasteiger partial charge in [-0.25, -0.2) is 0 Å². The molecule has 6 aromatic rings. The summed E-state index contributed by atoms with van der Waals surface area (Å²) in [6, 6.07) is 39.3. The fourth-order valence-electron chi connectivity index (χ4n) is 4.55. The van der Waals surface area contributed by atoms with Gasteiger partial charge in [-0.1, -0.05) is 72.8 Å². The highest BCUT2D eigenvalue weighted by Gasteiger charge is 2.18. The van der Waals surface area contributed by atoms with E-state index < -0.39 is 0 Å². The van der Waals surface area contributed by atoms with Gasteiger partial charge in [-0.15, -0.1) is 10.2 Å². The zero-order chi connectivity index (χ0) is 25.7. The summed E-state index contributed by atoms with van der Waals surface area (Å²) >= 11 is 0. The SMILES string of the molecule is CCOc1ccc(-c2nnc(-c3ccc(-c4ccccc4)cc3)n2-c2ccc(-c3cccnc3)cc2)cc1. The maximum atomic E-state index is 5.64. The second kappa shape index (κ2) is 10.5. The van der Waals surface area contributed by atoms with Crippen LogP contribution in [-0.4, -0.2) is 26.4 Å². The van der Waals surface area contributed by atoms with Gasteiger partial charge in [0.2, 0.25) is 0 Å². The number of nitrogens with zero attached hydrogens (tertiary/aromatic N) is 4. The third-order valence-electron chi connectivity index (χ3n) is 6.46. The van der Waals surface area contributed by atoms with Crippen molar-refractivity contribution >= 4 is 0 Å². The molecule has 0 atom stereocenters. The highest BCUT2D eigenvalue weighted by molar-refractivity contribution is 5.72. The normalized spacial score (nSPS) is 10.9. The van der Waals surface area contributed by atoms with Crippen LogP contribution in [0.15, 0.2) is 128 Å². The lowest BCUT2D eigenvalue weighted by atomic mass is 10.0. The molecule has 0 unspecified atom stereocenters. The Bertz CT molecular complexity index is 1620. The average Bonchev–Trinajstić information content (AvgIpc) is 3.44. The van der Waals surface area contributed by atoms with Gasteiger partial charge in [-0.2, -0.15) is 0 Å². The number of rotatable bonds is 7. The van der Waals surface area contributed by atoms with Crippen LogP contribution >= 0.6 is 0 Å². The molecule has 0 amide bonds. The molecular formula is C33H26N4O. The summed E-state index contributed by atoms with van der Waals surface area (Å²) in [5, 5.41) is 9.29. The Balaban J connectivity index is 1.43. The Morgan fingerprint density at radius 2 is 1.08 bits per heavy atom. The molecule has 184 valence electrons. The van der Waals surface area contributed by atoms with Gasteiger partial charge in [0.05, 0.1) is 6.61 Å². The predicted octanol–water partition coefficient (Wildman–Crippen LogP) is 7.73. The molecule has 0 saturated heterocycles. The minimum absolute atomic E-state index is 0.627. The first kappa shape index (κ1) is 23.4. The van der Waals surface area contributed by atoms with Crippen molar-refractivity contribution in [3.05, 3.63) is 128 Å². The van der Waals surface area contributed by atoms with Crippen molar-refractivity contribution in [2.45, 2.75) is 6.92 Å². The van der Waals surface area contributed by atoms with Gasteiger partial charge in [-0.05, 0) is 71.6 Å². The topological polar surface area (TPSA) is 52.8 Å². The van der Waals surface area contributed by atoms with Crippen LogP contribution in [0.25, 0.3) is 50.7 Å². The van der Waals surface area contributed by atoms with Crippen molar-refractivity contribution in [1.29, 1.82) is 0 Å². The number of hydrogen-bond acceptors (Lipinski definition) is 4. The summed E-state index contributed by atoms with van der Waals surface area (Å²) < 4.78 is 7.75. The van der Waals surface area contributed by atoms with Crippen LogP contribution in [0, 0.1) is 0 Å². The van der Waals surface area contributed by atoms with Crippen LogP contribution in [-0.2, 0) is 0 Å². The van der Waals surface area contributed by atoms with E-state index in [2.05, 4.69) is 98.6 Å². The first-order valence-corrected chi connectivity index (χ1v) is 12.7. The fourth-order valence-corrected chi connectivity index (χ4v) is 4.55. The molecule has 6 rings (SSSR count). The van der Waals surface area contributed by atoms with E-state index in [9.17, 15) is 0 Å². The highest BCUT2D eigenvalue weighted by Crippen LogP contribution is 2.32. The van der Waals surface area contributed by atoms with Crippen LogP contribution in [0.2, 0.25) is 0 Å². The molecule has 0 N–H and O–H groups in total. The predicted molar refractivity (Wildman–Crippen MR) is 152 cm³/mol. The molecule has 5 heteroatoms. The molecule has 38 heavy (non-hydrogen) atoms. The number of aromatic nitrogens is 4. The van der Waals surface area contributed by atoms with Crippen molar-refractivity contribution < 1.29 is 4.74 Å². The number of benzene rings is 4. The molecular weight excluding hydrogens is 468 g/mol. The molecule has 0 aliphatic carbocycles. The van der Waals surface area contributed by atoms with Gasteiger partial charge in [0.15, 0.2) is 11.6 Å². The smallest absolute Gasteiger partial charge is 0.168 e. The molecule has 0 bridgehead atoms. The van der Waals surface area contributed by atoms with Crippen molar-refractivity contribution in [3.8, 4) is 56.5 Å². The van der Waals surface area contributed by atoms with Crippen molar-refractivity contribution in [2.24, 2.45) is 0 Å². The van der Waals surface area contributed by atoms with E-state index in [0.717, 1.165) is 50.9 Å². The molecule has 0 aliphatic heterocycles. The molecule has 5 nitrogen and oxygen atoms in total. The Morgan fingerprint density at radius 3 is 1.68 bits per heavy atom. The van der Waals surface area contributed by atoms with Crippen LogP contribution in [0.4, 0.5) is 0 Å². The first-order valence-electron chi connectivity index (χ1n) is 12.7. The zero-order valence-electron chi connectivity index (χ0n) is 21.0. The monoisotopic (exact) mass is 494 g/mol. The first-order chi connectivity index (χ1) is 18.8. The molecule has 0 saturated carbocycles. The van der Waals surface area contributed by atoms with Crippen LogP contribution in [0.1, 0.15) is 6.92 Å². The van der Waals surface area contributed by atoms with E-state index in [0.29, 0.717) is 6.61 Å². The molecule has 0 radical (unpaired) electrons. The second-order valence-corrected chi connectivity index (χ2v) is 8.87. The van der Waals surface area contributed by atoms with Gasteiger partial charge >= 0.3 is 0 Å². The second-order valence-electron chi connectivity index (χ2n) is 8.87. The highest BCUT2D eigenvalue weighted by atomic mass is 16.5. The van der Waals surface area contributed by atoms with Gasteiger partial charge in [0.1, 0.15) is 5.75 Å². The van der Waals surface area contributed by atoms with Gasteiger partial charge in [0, 0.05) is 29.2 Å². The Morgan fingerprint density at radius 1 is 0.553 bits per heavy atom. The van der Waals surface area contributed by atoms with Crippen molar-refractivity contribution in [1.82, 2.24) is 19.7 Å². The third-order valence-corrected chi connectivity index (χ3v) is 6.46. The molecule has 0 spiro atoms. The number of pyridine rings is 1. The quantitative estimate of drug-likeness (QED) is 0.228. The largest absolute Gasteiger partial charge is 0.494 e. The summed E-state index contributed by atoms with van der Waals surface area (Å²) in [5.41, 5.74) is 7.45. The standard InChI is InChI=1S/C33H26N4O/c1-2-38-31-20-16-28(17-21-31)33-36-35-32(27-12-10-25(11-13-27)24-7-4-3-5-8-24)37(33)30-18-14-26(15-19-30)29-9-6-22-34-23-29/h3-23H,2H2,1H3. The van der Waals surface area contributed by atoms with E-state index in [1.807, 2.05) is 49.5 Å². The van der Waals surface area contributed by atoms with E-state index in [1.54, 1.807) is 6.20 Å². The number of ether oxygens (including phenoxy) is 1. The van der Waals surface area contributed by atoms with E-state index >= 15 is 0 Å². The minimum Gasteiger partial charge on any atom is -0.494 e. The van der Waals surface area contributed by atoms with E-state index in [4.69, 9.17) is 4.74 Å². The lowest BCUT2D eigenvalue weighted by Gasteiger charge is -2.13. The van der Waals surface area contributed by atoms with Crippen LogP contribution in [0.3, 0.4) is 0 Å².